The largest absolute Gasteiger partial charge is 0.492 e. The van der Waals surface area contributed by atoms with Crippen LogP contribution in [0.2, 0.25) is 5.02 Å². The first-order chi connectivity index (χ1) is 10.9. The molecule has 1 heterocycles. The van der Waals surface area contributed by atoms with Crippen molar-refractivity contribution < 1.29 is 19.8 Å². The van der Waals surface area contributed by atoms with Crippen LogP contribution in [0.25, 0.3) is 0 Å². The van der Waals surface area contributed by atoms with Crippen LogP contribution in [0.1, 0.15) is 33.9 Å². The van der Waals surface area contributed by atoms with E-state index in [-0.39, 0.29) is 22.9 Å². The molecule has 0 bridgehead atoms. The van der Waals surface area contributed by atoms with Crippen LogP contribution in [0.15, 0.2) is 36.5 Å². The van der Waals surface area contributed by atoms with Gasteiger partial charge < -0.3 is 15.5 Å². The first kappa shape index (κ1) is 16.8. The van der Waals surface area contributed by atoms with E-state index in [0.717, 1.165) is 11.1 Å². The number of benzene rings is 1. The second-order valence-corrected chi connectivity index (χ2v) is 5.42. The van der Waals surface area contributed by atoms with Crippen molar-refractivity contribution in [3.05, 3.63) is 58.2 Å². The van der Waals surface area contributed by atoms with Gasteiger partial charge in [0.05, 0.1) is 18.0 Å². The third-order valence-corrected chi connectivity index (χ3v) is 3.61. The van der Waals surface area contributed by atoms with E-state index in [1.165, 1.54) is 12.3 Å². The standard InChI is InChI=1S/C16H15ClN2O4/c1-9-4-2-3-5-11(9)13(7-14(20)21)19-15(22)10-6-12(17)16(23)18-8-10/h2-6,8,13H,7H2,1H3,(H,18,23)(H,19,22)(H,20,21). The van der Waals surface area contributed by atoms with E-state index >= 15 is 0 Å². The molecule has 0 spiro atoms. The van der Waals surface area contributed by atoms with E-state index < -0.39 is 17.9 Å². The predicted molar refractivity (Wildman–Crippen MR) is 84.6 cm³/mol. The predicted octanol–water partition coefficient (Wildman–Crippen LogP) is 2.69. The van der Waals surface area contributed by atoms with Crippen LogP contribution in [0.4, 0.5) is 0 Å². The maximum atomic E-state index is 12.3. The van der Waals surface area contributed by atoms with Crippen molar-refractivity contribution in [1.29, 1.82) is 0 Å². The van der Waals surface area contributed by atoms with Gasteiger partial charge in [-0.1, -0.05) is 35.9 Å². The summed E-state index contributed by atoms with van der Waals surface area (Å²) < 4.78 is 0. The van der Waals surface area contributed by atoms with Gasteiger partial charge in [-0.3, -0.25) is 9.59 Å². The molecule has 3 N–H and O–H groups in total. The zero-order valence-corrected chi connectivity index (χ0v) is 13.0. The third kappa shape index (κ3) is 4.20. The molecule has 0 aliphatic carbocycles. The van der Waals surface area contributed by atoms with Crippen LogP contribution in [-0.2, 0) is 4.79 Å². The van der Waals surface area contributed by atoms with Gasteiger partial charge in [0, 0.05) is 6.20 Å². The van der Waals surface area contributed by atoms with E-state index in [1.807, 2.05) is 19.1 Å². The lowest BCUT2D eigenvalue weighted by Crippen LogP contribution is -2.30. The molecule has 0 saturated heterocycles. The van der Waals surface area contributed by atoms with Crippen LogP contribution in [-0.4, -0.2) is 27.1 Å². The minimum atomic E-state index is -1.03. The maximum Gasteiger partial charge on any atom is 0.305 e. The fraction of sp³-hybridized carbons (Fsp3) is 0.188. The lowest BCUT2D eigenvalue weighted by molar-refractivity contribution is -0.137. The molecule has 120 valence electrons. The Labute approximate surface area is 137 Å². The van der Waals surface area contributed by atoms with Gasteiger partial charge >= 0.3 is 5.97 Å². The molecule has 1 aromatic heterocycles. The molecule has 0 aliphatic heterocycles. The van der Waals surface area contributed by atoms with Gasteiger partial charge in [0.2, 0.25) is 5.88 Å². The number of aromatic nitrogens is 1. The van der Waals surface area contributed by atoms with E-state index in [2.05, 4.69) is 10.3 Å². The number of carbonyl (C=O) groups excluding carboxylic acids is 1. The molecule has 2 aromatic rings. The zero-order valence-electron chi connectivity index (χ0n) is 12.3. The Morgan fingerprint density at radius 2 is 2.04 bits per heavy atom. The smallest absolute Gasteiger partial charge is 0.305 e. The summed E-state index contributed by atoms with van der Waals surface area (Å²) in [5.41, 5.74) is 1.73. The highest BCUT2D eigenvalue weighted by Gasteiger charge is 2.21. The topological polar surface area (TPSA) is 99.5 Å². The summed E-state index contributed by atoms with van der Waals surface area (Å²) in [5.74, 6) is -1.92. The van der Waals surface area contributed by atoms with Crippen LogP contribution in [0.3, 0.4) is 0 Å². The lowest BCUT2D eigenvalue weighted by Gasteiger charge is -2.19. The number of halogens is 1. The summed E-state index contributed by atoms with van der Waals surface area (Å²) >= 11 is 5.73. The number of aliphatic carboxylic acids is 1. The summed E-state index contributed by atoms with van der Waals surface area (Å²) in [5, 5.41) is 21.0. The van der Waals surface area contributed by atoms with E-state index in [0.29, 0.717) is 0 Å². The molecule has 23 heavy (non-hydrogen) atoms. The highest BCUT2D eigenvalue weighted by Crippen LogP contribution is 2.23. The zero-order chi connectivity index (χ0) is 17.0. The van der Waals surface area contributed by atoms with Crippen LogP contribution < -0.4 is 5.32 Å². The molecule has 2 rings (SSSR count). The number of amides is 1. The molecular weight excluding hydrogens is 320 g/mol. The van der Waals surface area contributed by atoms with Crippen molar-refractivity contribution in [1.82, 2.24) is 10.3 Å². The number of hydrogen-bond donors (Lipinski definition) is 3. The maximum absolute atomic E-state index is 12.3. The number of aromatic hydroxyl groups is 1. The monoisotopic (exact) mass is 334 g/mol. The van der Waals surface area contributed by atoms with Crippen LogP contribution in [0, 0.1) is 6.92 Å². The number of rotatable bonds is 5. The fourth-order valence-electron chi connectivity index (χ4n) is 2.19. The highest BCUT2D eigenvalue weighted by atomic mass is 35.5. The van der Waals surface area contributed by atoms with Crippen molar-refractivity contribution >= 4 is 23.5 Å². The summed E-state index contributed by atoms with van der Waals surface area (Å²) in [6.07, 6.45) is 0.919. The van der Waals surface area contributed by atoms with Crippen LogP contribution >= 0.6 is 11.6 Å². The summed E-state index contributed by atoms with van der Waals surface area (Å²) in [6, 6.07) is 7.81. The third-order valence-electron chi connectivity index (χ3n) is 3.33. The van der Waals surface area contributed by atoms with Gasteiger partial charge in [-0.15, -0.1) is 0 Å². The number of carbonyl (C=O) groups is 2. The SMILES string of the molecule is Cc1ccccc1C(CC(=O)O)NC(=O)c1cnc(O)c(Cl)c1. The highest BCUT2D eigenvalue weighted by molar-refractivity contribution is 6.32. The van der Waals surface area contributed by atoms with E-state index in [4.69, 9.17) is 16.7 Å². The second-order valence-electron chi connectivity index (χ2n) is 5.01. The average Bonchev–Trinajstić information content (AvgIpc) is 2.49. The number of nitrogens with zero attached hydrogens (tertiary/aromatic N) is 1. The Morgan fingerprint density at radius 1 is 1.35 bits per heavy atom. The number of pyridine rings is 1. The number of nitrogens with one attached hydrogen (secondary N) is 1. The normalized spacial score (nSPS) is 11.7. The minimum absolute atomic E-state index is 0.0525. The number of aryl methyl sites for hydroxylation is 1. The Kier molecular flexibility index (Phi) is 5.18. The molecule has 7 heteroatoms. The minimum Gasteiger partial charge on any atom is -0.492 e. The molecule has 1 aromatic carbocycles. The molecule has 1 amide bonds. The van der Waals surface area contributed by atoms with Gasteiger partial charge in [-0.25, -0.2) is 4.98 Å². The number of carboxylic acid groups (broad SMARTS) is 1. The second kappa shape index (κ2) is 7.11. The molecular formula is C16H15ClN2O4. The van der Waals surface area contributed by atoms with Gasteiger partial charge in [-0.05, 0) is 24.1 Å². The molecule has 1 unspecified atom stereocenters. The van der Waals surface area contributed by atoms with Crippen molar-refractivity contribution in [2.45, 2.75) is 19.4 Å². The van der Waals surface area contributed by atoms with E-state index in [1.54, 1.807) is 12.1 Å². The summed E-state index contributed by atoms with van der Waals surface area (Å²) in [7, 11) is 0. The van der Waals surface area contributed by atoms with Crippen molar-refractivity contribution in [2.75, 3.05) is 0 Å². The lowest BCUT2D eigenvalue weighted by atomic mass is 9.98. The van der Waals surface area contributed by atoms with Crippen LogP contribution in [0.5, 0.6) is 5.88 Å². The molecule has 0 fully saturated rings. The van der Waals surface area contributed by atoms with Gasteiger partial charge in [0.1, 0.15) is 5.02 Å². The Balaban J connectivity index is 2.27. The van der Waals surface area contributed by atoms with Crippen molar-refractivity contribution in [3.8, 4) is 5.88 Å². The average molecular weight is 335 g/mol. The Hall–Kier alpha value is -2.60. The van der Waals surface area contributed by atoms with Gasteiger partial charge in [0.15, 0.2) is 0 Å². The molecule has 0 radical (unpaired) electrons. The van der Waals surface area contributed by atoms with Crippen molar-refractivity contribution in [2.24, 2.45) is 0 Å². The molecule has 0 aliphatic rings. The first-order valence-corrected chi connectivity index (χ1v) is 7.19. The summed E-state index contributed by atoms with van der Waals surface area (Å²) in [6.45, 7) is 1.84. The van der Waals surface area contributed by atoms with Gasteiger partial charge in [-0.2, -0.15) is 0 Å². The van der Waals surface area contributed by atoms with E-state index in [9.17, 15) is 14.7 Å². The fourth-order valence-corrected chi connectivity index (χ4v) is 2.35. The number of carboxylic acids is 1. The summed E-state index contributed by atoms with van der Waals surface area (Å²) in [4.78, 5) is 27.0. The Morgan fingerprint density at radius 3 is 2.65 bits per heavy atom. The molecule has 6 nitrogen and oxygen atoms in total. The molecule has 1 atom stereocenters. The quantitative estimate of drug-likeness (QED) is 0.780. The van der Waals surface area contributed by atoms with Gasteiger partial charge in [0.25, 0.3) is 5.91 Å². The Bertz CT molecular complexity index is 749. The number of hydrogen-bond acceptors (Lipinski definition) is 4. The molecule has 0 saturated carbocycles. The first-order valence-electron chi connectivity index (χ1n) is 6.81. The van der Waals surface area contributed by atoms with Crippen molar-refractivity contribution in [3.63, 3.8) is 0 Å².